The number of aromatic nitrogens is 2. The number of nitrogens with zero attached hydrogens (tertiary/aromatic N) is 2. The zero-order chi connectivity index (χ0) is 17.1. The normalized spacial score (nSPS) is 12.2. The second-order valence-corrected chi connectivity index (χ2v) is 6.68. The molecule has 0 aliphatic carbocycles. The van der Waals surface area contributed by atoms with E-state index < -0.39 is 18.6 Å². The fraction of sp³-hybridized carbons (Fsp3) is 0.235. The Hall–Kier alpha value is -2.51. The molecule has 0 amide bonds. The fourth-order valence-electron chi connectivity index (χ4n) is 2.40. The summed E-state index contributed by atoms with van der Waals surface area (Å²) in [7, 11) is 0. The van der Waals surface area contributed by atoms with E-state index in [4.69, 9.17) is 5.11 Å². The van der Waals surface area contributed by atoms with Gasteiger partial charge in [-0.3, -0.25) is 0 Å². The molecule has 3 rings (SSSR count). The summed E-state index contributed by atoms with van der Waals surface area (Å²) in [6.07, 6.45) is 0.555. The van der Waals surface area contributed by atoms with Gasteiger partial charge in [0, 0.05) is 11.3 Å². The van der Waals surface area contributed by atoms with Gasteiger partial charge in [0.05, 0.1) is 12.0 Å². The molecule has 0 bridgehead atoms. The molecule has 0 aliphatic heterocycles. The molecule has 6 nitrogen and oxygen atoms in total. The average molecular weight is 343 g/mol. The Morgan fingerprint density at radius 2 is 2.04 bits per heavy atom. The third kappa shape index (κ3) is 3.52. The van der Waals surface area contributed by atoms with E-state index in [0.29, 0.717) is 18.1 Å². The maximum Gasteiger partial charge on any atom is 0.328 e. The summed E-state index contributed by atoms with van der Waals surface area (Å²) in [5.74, 6) is -0.0716. The third-order valence-corrected chi connectivity index (χ3v) is 4.50. The number of hydrogen-bond acceptors (Lipinski definition) is 6. The van der Waals surface area contributed by atoms with Crippen LogP contribution in [0.4, 0.5) is 5.82 Å². The fourth-order valence-corrected chi connectivity index (χ4v) is 3.30. The van der Waals surface area contributed by atoms with Gasteiger partial charge in [0.15, 0.2) is 0 Å². The molecule has 3 aromatic rings. The SMILES string of the molecule is Cc1cc2c(NC(CO)C(=O)O)nc(Cc3ccccc3)nc2s1. The van der Waals surface area contributed by atoms with Gasteiger partial charge in [-0.1, -0.05) is 30.3 Å². The molecule has 124 valence electrons. The standard InChI is InChI=1S/C17H17N3O3S/c1-10-7-12-15(18-13(9-21)17(22)23)19-14(20-16(12)24-10)8-11-5-3-2-4-6-11/h2-7,13,21H,8-9H2,1H3,(H,22,23)(H,18,19,20). The summed E-state index contributed by atoms with van der Waals surface area (Å²) in [4.78, 5) is 22.1. The van der Waals surface area contributed by atoms with Crippen LogP contribution in [0.1, 0.15) is 16.3 Å². The summed E-state index contributed by atoms with van der Waals surface area (Å²) < 4.78 is 0. The Bertz CT molecular complexity index is 864. The van der Waals surface area contributed by atoms with E-state index in [1.165, 1.54) is 11.3 Å². The molecule has 0 radical (unpaired) electrons. The Morgan fingerprint density at radius 3 is 2.71 bits per heavy atom. The van der Waals surface area contributed by atoms with Crippen LogP contribution in [0, 0.1) is 6.92 Å². The highest BCUT2D eigenvalue weighted by atomic mass is 32.1. The van der Waals surface area contributed by atoms with Gasteiger partial charge in [0.2, 0.25) is 0 Å². The lowest BCUT2D eigenvalue weighted by molar-refractivity contribution is -0.138. The van der Waals surface area contributed by atoms with Crippen LogP contribution in [-0.4, -0.2) is 38.8 Å². The van der Waals surface area contributed by atoms with E-state index in [-0.39, 0.29) is 0 Å². The summed E-state index contributed by atoms with van der Waals surface area (Å²) in [5, 5.41) is 22.0. The number of fused-ring (bicyclic) bond motifs is 1. The Morgan fingerprint density at radius 1 is 1.29 bits per heavy atom. The van der Waals surface area contributed by atoms with Gasteiger partial charge >= 0.3 is 5.97 Å². The molecule has 0 saturated heterocycles. The summed E-state index contributed by atoms with van der Waals surface area (Å²) >= 11 is 1.53. The van der Waals surface area contributed by atoms with Gasteiger partial charge in [0.1, 0.15) is 22.5 Å². The highest BCUT2D eigenvalue weighted by Crippen LogP contribution is 2.29. The van der Waals surface area contributed by atoms with Crippen molar-refractivity contribution in [3.63, 3.8) is 0 Å². The highest BCUT2D eigenvalue weighted by molar-refractivity contribution is 7.18. The highest BCUT2D eigenvalue weighted by Gasteiger charge is 2.19. The molecule has 2 heterocycles. The van der Waals surface area contributed by atoms with Crippen molar-refractivity contribution in [3.8, 4) is 0 Å². The van der Waals surface area contributed by atoms with E-state index in [2.05, 4.69) is 15.3 Å². The molecule has 0 aliphatic rings. The largest absolute Gasteiger partial charge is 0.480 e. The van der Waals surface area contributed by atoms with Crippen molar-refractivity contribution in [2.45, 2.75) is 19.4 Å². The number of hydrogen-bond donors (Lipinski definition) is 3. The topological polar surface area (TPSA) is 95.3 Å². The summed E-state index contributed by atoms with van der Waals surface area (Å²) in [5.41, 5.74) is 1.08. The van der Waals surface area contributed by atoms with Crippen molar-refractivity contribution in [3.05, 3.63) is 52.7 Å². The molecule has 24 heavy (non-hydrogen) atoms. The number of aryl methyl sites for hydroxylation is 1. The van der Waals surface area contributed by atoms with Crippen LogP contribution >= 0.6 is 11.3 Å². The molecule has 1 aromatic carbocycles. The minimum Gasteiger partial charge on any atom is -0.480 e. The number of benzene rings is 1. The smallest absolute Gasteiger partial charge is 0.328 e. The summed E-state index contributed by atoms with van der Waals surface area (Å²) in [6, 6.07) is 10.7. The molecule has 0 saturated carbocycles. The van der Waals surface area contributed by atoms with Gasteiger partial charge in [-0.2, -0.15) is 0 Å². The number of aliphatic hydroxyl groups excluding tert-OH is 1. The van der Waals surface area contributed by atoms with Crippen molar-refractivity contribution in [2.24, 2.45) is 0 Å². The van der Waals surface area contributed by atoms with Gasteiger partial charge in [-0.05, 0) is 18.6 Å². The van der Waals surface area contributed by atoms with Gasteiger partial charge < -0.3 is 15.5 Å². The first-order chi connectivity index (χ1) is 11.6. The number of carbonyl (C=O) groups is 1. The van der Waals surface area contributed by atoms with Crippen LogP contribution in [0.2, 0.25) is 0 Å². The maximum atomic E-state index is 11.2. The Labute approximate surface area is 142 Å². The van der Waals surface area contributed by atoms with E-state index >= 15 is 0 Å². The number of thiophene rings is 1. The van der Waals surface area contributed by atoms with E-state index in [0.717, 1.165) is 20.7 Å². The third-order valence-electron chi connectivity index (χ3n) is 3.56. The predicted octanol–water partition coefficient (Wildman–Crippen LogP) is 2.45. The lowest BCUT2D eigenvalue weighted by Gasteiger charge is -2.14. The lowest BCUT2D eigenvalue weighted by atomic mass is 10.1. The lowest BCUT2D eigenvalue weighted by Crippen LogP contribution is -2.33. The number of anilines is 1. The number of nitrogens with one attached hydrogen (secondary N) is 1. The monoisotopic (exact) mass is 343 g/mol. The minimum atomic E-state index is -1.12. The van der Waals surface area contributed by atoms with Crippen molar-refractivity contribution in [1.29, 1.82) is 0 Å². The second kappa shape index (κ2) is 6.94. The molecular weight excluding hydrogens is 326 g/mol. The first-order valence-electron chi connectivity index (χ1n) is 7.48. The molecule has 3 N–H and O–H groups in total. The molecule has 0 fully saturated rings. The molecule has 7 heteroatoms. The van der Waals surface area contributed by atoms with Crippen LogP contribution in [0.25, 0.3) is 10.2 Å². The van der Waals surface area contributed by atoms with Gasteiger partial charge in [-0.25, -0.2) is 14.8 Å². The van der Waals surface area contributed by atoms with Crippen LogP contribution in [0.15, 0.2) is 36.4 Å². The quantitative estimate of drug-likeness (QED) is 0.636. The van der Waals surface area contributed by atoms with Crippen LogP contribution in [0.3, 0.4) is 0 Å². The zero-order valence-corrected chi connectivity index (χ0v) is 13.9. The minimum absolute atomic E-state index is 0.441. The molecule has 0 spiro atoms. The Kier molecular flexibility index (Phi) is 4.73. The van der Waals surface area contributed by atoms with Crippen molar-refractivity contribution >= 4 is 33.3 Å². The predicted molar refractivity (Wildman–Crippen MR) is 93.5 cm³/mol. The van der Waals surface area contributed by atoms with Crippen molar-refractivity contribution < 1.29 is 15.0 Å². The summed E-state index contributed by atoms with van der Waals surface area (Å²) in [6.45, 7) is 1.45. The van der Waals surface area contributed by atoms with Crippen LogP contribution in [0.5, 0.6) is 0 Å². The zero-order valence-electron chi connectivity index (χ0n) is 13.1. The van der Waals surface area contributed by atoms with E-state index in [1.54, 1.807) is 0 Å². The molecule has 1 atom stereocenters. The second-order valence-electron chi connectivity index (χ2n) is 5.44. The first kappa shape index (κ1) is 16.4. The number of aliphatic carboxylic acids is 1. The number of carboxylic acids is 1. The number of rotatable bonds is 6. The maximum absolute atomic E-state index is 11.2. The molecule has 2 aromatic heterocycles. The first-order valence-corrected chi connectivity index (χ1v) is 8.29. The van der Waals surface area contributed by atoms with Crippen molar-refractivity contribution in [1.82, 2.24) is 9.97 Å². The Balaban J connectivity index is 2.00. The van der Waals surface area contributed by atoms with Gasteiger partial charge in [0.25, 0.3) is 0 Å². The van der Waals surface area contributed by atoms with Crippen LogP contribution < -0.4 is 5.32 Å². The number of aliphatic hydroxyl groups is 1. The molecular formula is C17H17N3O3S. The average Bonchev–Trinajstić information content (AvgIpc) is 2.93. The van der Waals surface area contributed by atoms with Crippen molar-refractivity contribution in [2.75, 3.05) is 11.9 Å². The van der Waals surface area contributed by atoms with E-state index in [9.17, 15) is 9.90 Å². The van der Waals surface area contributed by atoms with Crippen LogP contribution in [-0.2, 0) is 11.2 Å². The molecule has 1 unspecified atom stereocenters. The van der Waals surface area contributed by atoms with Gasteiger partial charge in [-0.15, -0.1) is 11.3 Å². The number of carboxylic acid groups (broad SMARTS) is 1. The van der Waals surface area contributed by atoms with E-state index in [1.807, 2.05) is 43.3 Å².